The molecule has 1 fully saturated rings. The third-order valence-electron chi connectivity index (χ3n) is 5.24. The number of para-hydroxylation sites is 1. The molecule has 1 unspecified atom stereocenters. The smallest absolute Gasteiger partial charge is 0.347 e. The Morgan fingerprint density at radius 2 is 1.72 bits per heavy atom. The van der Waals surface area contributed by atoms with Gasteiger partial charge in [0.2, 0.25) is 0 Å². The van der Waals surface area contributed by atoms with Crippen molar-refractivity contribution in [1.29, 1.82) is 0 Å². The van der Waals surface area contributed by atoms with Crippen LogP contribution in [0, 0.1) is 0 Å². The highest BCUT2D eigenvalue weighted by Crippen LogP contribution is 2.22. The Morgan fingerprint density at radius 3 is 2.41 bits per heavy atom. The highest BCUT2D eigenvalue weighted by Gasteiger charge is 2.23. The second kappa shape index (κ2) is 10.1. The minimum absolute atomic E-state index is 0.0133. The van der Waals surface area contributed by atoms with E-state index in [4.69, 9.17) is 9.47 Å². The average molecular weight is 395 g/mol. The van der Waals surface area contributed by atoms with Crippen LogP contribution in [0.15, 0.2) is 48.5 Å². The minimum atomic E-state index is -0.687. The lowest BCUT2D eigenvalue weighted by Crippen LogP contribution is -2.31. The molecular formula is C24H29NO4. The minimum Gasteiger partial charge on any atom is -0.479 e. The summed E-state index contributed by atoms with van der Waals surface area (Å²) in [5.41, 5.74) is 2.44. The van der Waals surface area contributed by atoms with Gasteiger partial charge in [0.05, 0.1) is 0 Å². The van der Waals surface area contributed by atoms with Crippen LogP contribution in [0.5, 0.6) is 5.75 Å². The van der Waals surface area contributed by atoms with E-state index >= 15 is 0 Å². The van der Waals surface area contributed by atoms with Crippen LogP contribution in [0.2, 0.25) is 0 Å². The molecule has 0 spiro atoms. The second-order valence-corrected chi connectivity index (χ2v) is 7.45. The Labute approximate surface area is 172 Å². The maximum atomic E-state index is 12.5. The van der Waals surface area contributed by atoms with Crippen molar-refractivity contribution in [3.63, 3.8) is 0 Å². The molecule has 1 N–H and O–H groups in total. The second-order valence-electron chi connectivity index (χ2n) is 7.45. The van der Waals surface area contributed by atoms with Gasteiger partial charge < -0.3 is 14.8 Å². The van der Waals surface area contributed by atoms with Crippen LogP contribution in [0.1, 0.15) is 61.9 Å². The fourth-order valence-corrected chi connectivity index (χ4v) is 3.53. The topological polar surface area (TPSA) is 64.6 Å². The summed E-state index contributed by atoms with van der Waals surface area (Å²) in [6.45, 7) is 3.74. The van der Waals surface area contributed by atoms with E-state index in [1.54, 1.807) is 31.2 Å². The molecule has 2 aromatic carbocycles. The summed E-state index contributed by atoms with van der Waals surface area (Å²) < 4.78 is 11.2. The van der Waals surface area contributed by atoms with Crippen LogP contribution in [0.4, 0.5) is 5.69 Å². The summed E-state index contributed by atoms with van der Waals surface area (Å²) in [7, 11) is 0. The molecule has 29 heavy (non-hydrogen) atoms. The molecule has 3 rings (SSSR count). The van der Waals surface area contributed by atoms with E-state index in [9.17, 15) is 9.59 Å². The molecule has 1 aliphatic carbocycles. The number of ether oxygens (including phenoxy) is 2. The molecule has 2 aromatic rings. The van der Waals surface area contributed by atoms with Gasteiger partial charge in [-0.2, -0.15) is 0 Å². The third kappa shape index (κ3) is 5.83. The number of hydrogen-bond donors (Lipinski definition) is 1. The predicted octanol–water partition coefficient (Wildman–Crippen LogP) is 5.14. The largest absolute Gasteiger partial charge is 0.479 e. The molecule has 1 aliphatic rings. The molecule has 0 heterocycles. The normalized spacial score (nSPS) is 15.4. The zero-order valence-corrected chi connectivity index (χ0v) is 17.1. The first-order chi connectivity index (χ1) is 14.1. The number of esters is 1. The molecule has 0 bridgehead atoms. The molecule has 1 amide bonds. The zero-order valence-electron chi connectivity index (χ0n) is 17.1. The zero-order chi connectivity index (χ0) is 20.6. The van der Waals surface area contributed by atoms with E-state index in [1.165, 1.54) is 6.42 Å². The fraction of sp³-hybridized carbons (Fsp3) is 0.417. The number of hydrogen-bond acceptors (Lipinski definition) is 4. The Kier molecular flexibility index (Phi) is 7.28. The molecule has 0 saturated heterocycles. The Balaban J connectivity index is 1.55. The lowest BCUT2D eigenvalue weighted by atomic mass is 9.98. The van der Waals surface area contributed by atoms with Gasteiger partial charge in [0, 0.05) is 11.3 Å². The SMILES string of the molecule is CCc1ccccc1NC(=O)c1ccc(OC(C)C(=O)OC2CCCCC2)cc1. The summed E-state index contributed by atoms with van der Waals surface area (Å²) in [5.74, 6) is 0.0145. The van der Waals surface area contributed by atoms with E-state index in [-0.39, 0.29) is 18.0 Å². The van der Waals surface area contributed by atoms with Gasteiger partial charge in [-0.25, -0.2) is 4.79 Å². The highest BCUT2D eigenvalue weighted by atomic mass is 16.6. The van der Waals surface area contributed by atoms with Gasteiger partial charge in [-0.1, -0.05) is 31.5 Å². The van der Waals surface area contributed by atoms with Crippen LogP contribution in [0.25, 0.3) is 0 Å². The van der Waals surface area contributed by atoms with Crippen molar-refractivity contribution in [3.8, 4) is 5.75 Å². The summed E-state index contributed by atoms with van der Waals surface area (Å²) in [4.78, 5) is 24.8. The van der Waals surface area contributed by atoms with Crippen molar-refractivity contribution < 1.29 is 19.1 Å². The summed E-state index contributed by atoms with van der Waals surface area (Å²) in [6.07, 6.45) is 5.47. The highest BCUT2D eigenvalue weighted by molar-refractivity contribution is 6.04. The van der Waals surface area contributed by atoms with E-state index in [2.05, 4.69) is 12.2 Å². The maximum absolute atomic E-state index is 12.5. The van der Waals surface area contributed by atoms with Crippen molar-refractivity contribution in [3.05, 3.63) is 59.7 Å². The number of benzene rings is 2. The van der Waals surface area contributed by atoms with Gasteiger partial charge in [0.25, 0.3) is 5.91 Å². The van der Waals surface area contributed by atoms with Gasteiger partial charge in [-0.3, -0.25) is 4.79 Å². The van der Waals surface area contributed by atoms with E-state index in [0.29, 0.717) is 11.3 Å². The number of aryl methyl sites for hydroxylation is 1. The lowest BCUT2D eigenvalue weighted by Gasteiger charge is -2.23. The maximum Gasteiger partial charge on any atom is 0.347 e. The first-order valence-corrected chi connectivity index (χ1v) is 10.4. The van der Waals surface area contributed by atoms with Crippen molar-refractivity contribution >= 4 is 17.6 Å². The summed E-state index contributed by atoms with van der Waals surface area (Å²) in [5, 5.41) is 2.95. The predicted molar refractivity (Wildman–Crippen MR) is 113 cm³/mol. The molecule has 0 aromatic heterocycles. The van der Waals surface area contributed by atoms with E-state index < -0.39 is 6.10 Å². The summed E-state index contributed by atoms with van der Waals surface area (Å²) in [6, 6.07) is 14.5. The first kappa shape index (κ1) is 20.9. The number of nitrogens with one attached hydrogen (secondary N) is 1. The Bertz CT molecular complexity index is 825. The first-order valence-electron chi connectivity index (χ1n) is 10.4. The van der Waals surface area contributed by atoms with Crippen LogP contribution in [-0.4, -0.2) is 24.1 Å². The Morgan fingerprint density at radius 1 is 1.03 bits per heavy atom. The number of amides is 1. The molecule has 0 aliphatic heterocycles. The van der Waals surface area contributed by atoms with Gasteiger partial charge in [-0.15, -0.1) is 0 Å². The standard InChI is InChI=1S/C24H29NO4/c1-3-18-9-7-8-12-22(18)25-23(26)19-13-15-21(16-14-19)28-17(2)24(27)29-20-10-5-4-6-11-20/h7-9,12-17,20H,3-6,10-11H2,1-2H3,(H,25,26). The van der Waals surface area contributed by atoms with Crippen LogP contribution >= 0.6 is 0 Å². The molecule has 5 nitrogen and oxygen atoms in total. The van der Waals surface area contributed by atoms with Crippen LogP contribution in [0.3, 0.4) is 0 Å². The molecule has 154 valence electrons. The average Bonchev–Trinajstić information content (AvgIpc) is 2.75. The number of carbonyl (C=O) groups excluding carboxylic acids is 2. The number of rotatable bonds is 7. The van der Waals surface area contributed by atoms with Crippen molar-refractivity contribution in [1.82, 2.24) is 0 Å². The van der Waals surface area contributed by atoms with Crippen LogP contribution < -0.4 is 10.1 Å². The van der Waals surface area contributed by atoms with E-state index in [1.807, 2.05) is 24.3 Å². The van der Waals surface area contributed by atoms with Crippen molar-refractivity contribution in [2.24, 2.45) is 0 Å². The van der Waals surface area contributed by atoms with Gasteiger partial charge in [-0.05, 0) is 74.9 Å². The van der Waals surface area contributed by atoms with Gasteiger partial charge >= 0.3 is 5.97 Å². The fourth-order valence-electron chi connectivity index (χ4n) is 3.53. The molecular weight excluding hydrogens is 366 g/mol. The number of carbonyl (C=O) groups is 2. The molecule has 1 atom stereocenters. The Hall–Kier alpha value is -2.82. The van der Waals surface area contributed by atoms with Crippen molar-refractivity contribution in [2.75, 3.05) is 5.32 Å². The van der Waals surface area contributed by atoms with E-state index in [0.717, 1.165) is 43.4 Å². The third-order valence-corrected chi connectivity index (χ3v) is 5.24. The van der Waals surface area contributed by atoms with Crippen LogP contribution in [-0.2, 0) is 16.0 Å². The molecule has 1 saturated carbocycles. The summed E-state index contributed by atoms with van der Waals surface area (Å²) >= 11 is 0. The number of anilines is 1. The van der Waals surface area contributed by atoms with Crippen molar-refractivity contribution in [2.45, 2.75) is 64.6 Å². The molecule has 5 heteroatoms. The molecule has 0 radical (unpaired) electrons. The quantitative estimate of drug-likeness (QED) is 0.659. The van der Waals surface area contributed by atoms with Gasteiger partial charge in [0.15, 0.2) is 6.10 Å². The van der Waals surface area contributed by atoms with Gasteiger partial charge in [0.1, 0.15) is 11.9 Å². The monoisotopic (exact) mass is 395 g/mol. The lowest BCUT2D eigenvalue weighted by molar-refractivity contribution is -0.158.